The highest BCUT2D eigenvalue weighted by molar-refractivity contribution is 6.10. The van der Waals surface area contributed by atoms with Crippen molar-refractivity contribution in [3.05, 3.63) is 163 Å². The highest BCUT2D eigenvalue weighted by atomic mass is 16.4. The molecular formula is C45H32N4O2. The van der Waals surface area contributed by atoms with Gasteiger partial charge in [0, 0.05) is 50.6 Å². The molecule has 6 nitrogen and oxygen atoms in total. The summed E-state index contributed by atoms with van der Waals surface area (Å²) in [5.41, 5.74) is 12.2. The molecular weight excluding hydrogens is 629 g/mol. The number of nitrogens with zero attached hydrogens (tertiary/aromatic N) is 4. The van der Waals surface area contributed by atoms with Crippen LogP contribution in [0.3, 0.4) is 0 Å². The van der Waals surface area contributed by atoms with Crippen molar-refractivity contribution in [3.8, 4) is 22.9 Å². The number of fused-ring (bicyclic) bond motifs is 5. The number of rotatable bonds is 6. The fraction of sp³-hybridized carbons (Fsp3) is 0.0667. The van der Waals surface area contributed by atoms with Crippen molar-refractivity contribution >= 4 is 61.1 Å². The zero-order chi connectivity index (χ0) is 33.9. The molecule has 244 valence electrons. The molecule has 1 aliphatic carbocycles. The van der Waals surface area contributed by atoms with Crippen LogP contribution in [0.25, 0.3) is 72.6 Å². The summed E-state index contributed by atoms with van der Waals surface area (Å²) in [5, 5.41) is 2.55. The molecule has 3 aromatic heterocycles. The van der Waals surface area contributed by atoms with Crippen LogP contribution in [0.4, 0.5) is 11.4 Å². The summed E-state index contributed by atoms with van der Waals surface area (Å²) < 4.78 is 14.6. The maximum absolute atomic E-state index is 6.10. The number of para-hydroxylation sites is 6. The van der Waals surface area contributed by atoms with Crippen molar-refractivity contribution < 1.29 is 8.83 Å². The van der Waals surface area contributed by atoms with Crippen LogP contribution < -0.4 is 4.90 Å². The molecule has 0 spiro atoms. The summed E-state index contributed by atoms with van der Waals surface area (Å²) >= 11 is 0. The first kappa shape index (κ1) is 29.3. The number of allylic oxidation sites excluding steroid dienone is 4. The molecule has 9 aromatic rings. The summed E-state index contributed by atoms with van der Waals surface area (Å²) in [7, 11) is 0. The second kappa shape index (κ2) is 11.7. The van der Waals surface area contributed by atoms with Gasteiger partial charge in [-0.2, -0.15) is 0 Å². The topological polar surface area (TPSA) is 60.2 Å². The number of hydrogen-bond donors (Lipinski definition) is 0. The van der Waals surface area contributed by atoms with E-state index in [1.165, 1.54) is 33.2 Å². The van der Waals surface area contributed by atoms with Crippen molar-refractivity contribution in [2.24, 2.45) is 5.92 Å². The van der Waals surface area contributed by atoms with E-state index >= 15 is 0 Å². The predicted octanol–water partition coefficient (Wildman–Crippen LogP) is 12.0. The maximum atomic E-state index is 6.10. The lowest BCUT2D eigenvalue weighted by Gasteiger charge is -2.34. The Morgan fingerprint density at radius 1 is 0.549 bits per heavy atom. The van der Waals surface area contributed by atoms with Crippen LogP contribution in [0.1, 0.15) is 13.3 Å². The second-order valence-electron chi connectivity index (χ2n) is 13.1. The third-order valence-corrected chi connectivity index (χ3v) is 9.92. The third kappa shape index (κ3) is 4.95. The lowest BCUT2D eigenvalue weighted by Crippen LogP contribution is -2.24. The van der Waals surface area contributed by atoms with E-state index in [9.17, 15) is 0 Å². The van der Waals surface area contributed by atoms with Crippen LogP contribution in [-0.2, 0) is 0 Å². The van der Waals surface area contributed by atoms with Crippen LogP contribution in [0, 0.1) is 5.92 Å². The molecule has 6 heteroatoms. The van der Waals surface area contributed by atoms with Crippen LogP contribution >= 0.6 is 0 Å². The van der Waals surface area contributed by atoms with E-state index < -0.39 is 0 Å². The third-order valence-electron chi connectivity index (χ3n) is 9.92. The first-order chi connectivity index (χ1) is 25.2. The van der Waals surface area contributed by atoms with Gasteiger partial charge in [-0.3, -0.25) is 0 Å². The second-order valence-corrected chi connectivity index (χ2v) is 13.1. The van der Waals surface area contributed by atoms with Gasteiger partial charge in [0.2, 0.25) is 11.8 Å². The van der Waals surface area contributed by atoms with Gasteiger partial charge in [0.25, 0.3) is 0 Å². The van der Waals surface area contributed by atoms with Crippen LogP contribution in [-0.4, -0.2) is 14.5 Å². The van der Waals surface area contributed by atoms with E-state index in [1.807, 2.05) is 48.5 Å². The fourth-order valence-electron chi connectivity index (χ4n) is 7.47. The summed E-state index contributed by atoms with van der Waals surface area (Å²) in [5.74, 6) is 1.44. The molecule has 0 aliphatic heterocycles. The van der Waals surface area contributed by atoms with Crippen LogP contribution in [0.15, 0.2) is 172 Å². The van der Waals surface area contributed by atoms with Crippen molar-refractivity contribution in [1.82, 2.24) is 14.5 Å². The van der Waals surface area contributed by atoms with E-state index in [4.69, 9.17) is 18.8 Å². The molecule has 0 N–H and O–H groups in total. The van der Waals surface area contributed by atoms with Gasteiger partial charge in [0.15, 0.2) is 11.2 Å². The molecule has 10 rings (SSSR count). The first-order valence-electron chi connectivity index (χ1n) is 17.3. The normalized spacial score (nSPS) is 14.7. The molecule has 3 heterocycles. The zero-order valence-electron chi connectivity index (χ0n) is 27.9. The summed E-state index contributed by atoms with van der Waals surface area (Å²) in [6.07, 6.45) is 5.46. The average Bonchev–Trinajstić information content (AvgIpc) is 3.90. The lowest BCUT2D eigenvalue weighted by atomic mass is 9.94. The Morgan fingerprint density at radius 2 is 1.02 bits per heavy atom. The Morgan fingerprint density at radius 3 is 1.51 bits per heavy atom. The summed E-state index contributed by atoms with van der Waals surface area (Å²) in [4.78, 5) is 11.8. The standard InChI is InChI=1S/C45H32N4O2/c1-29-28-34(49-40-14-6-2-10-35(40)36-11-3-7-15-41(36)49)26-27-39(29)48(32-22-18-30(19-23-32)44-46-37-12-4-8-16-42(37)50-44)33-24-20-31(21-25-33)45-47-38-13-5-9-17-43(38)51-45/h2-27,29H,28H2,1H3/t29-/m1/s1. The smallest absolute Gasteiger partial charge is 0.227 e. The Bertz CT molecular complexity index is 2560. The zero-order valence-corrected chi connectivity index (χ0v) is 27.9. The van der Waals surface area contributed by atoms with E-state index in [0.29, 0.717) is 11.8 Å². The predicted molar refractivity (Wildman–Crippen MR) is 207 cm³/mol. The van der Waals surface area contributed by atoms with Gasteiger partial charge in [-0.1, -0.05) is 67.6 Å². The molecule has 51 heavy (non-hydrogen) atoms. The number of hydrogen-bond acceptors (Lipinski definition) is 5. The quantitative estimate of drug-likeness (QED) is 0.178. The molecule has 1 aliphatic rings. The van der Waals surface area contributed by atoms with Crippen LogP contribution in [0.2, 0.25) is 0 Å². The van der Waals surface area contributed by atoms with Crippen molar-refractivity contribution in [1.29, 1.82) is 0 Å². The molecule has 0 unspecified atom stereocenters. The number of benzene rings is 6. The Hall–Kier alpha value is -6.66. The first-order valence-corrected chi connectivity index (χ1v) is 17.3. The van der Waals surface area contributed by atoms with Gasteiger partial charge in [0.1, 0.15) is 11.0 Å². The minimum Gasteiger partial charge on any atom is -0.436 e. The van der Waals surface area contributed by atoms with Crippen molar-refractivity contribution in [2.45, 2.75) is 13.3 Å². The monoisotopic (exact) mass is 660 g/mol. The Labute approximate surface area is 294 Å². The van der Waals surface area contributed by atoms with E-state index in [2.05, 4.69) is 126 Å². The van der Waals surface area contributed by atoms with Gasteiger partial charge in [0.05, 0.1) is 11.0 Å². The van der Waals surface area contributed by atoms with Crippen molar-refractivity contribution in [3.63, 3.8) is 0 Å². The molecule has 6 aromatic carbocycles. The molecule has 0 radical (unpaired) electrons. The SMILES string of the molecule is C[C@@H]1CC(n2c3ccccc3c3ccccc32)=CC=C1N(c1ccc(-c2nc3ccccc3o2)cc1)c1ccc(-c2nc3ccccc3o2)cc1. The van der Waals surface area contributed by atoms with Gasteiger partial charge in [-0.25, -0.2) is 9.97 Å². The molecule has 0 amide bonds. The highest BCUT2D eigenvalue weighted by Gasteiger charge is 2.26. The largest absolute Gasteiger partial charge is 0.436 e. The number of oxazole rings is 2. The maximum Gasteiger partial charge on any atom is 0.227 e. The molecule has 0 saturated heterocycles. The number of aromatic nitrogens is 3. The van der Waals surface area contributed by atoms with Gasteiger partial charge in [-0.05, 0) is 104 Å². The lowest BCUT2D eigenvalue weighted by molar-refractivity contribution is 0.619. The van der Waals surface area contributed by atoms with E-state index in [-0.39, 0.29) is 5.92 Å². The molecule has 0 bridgehead atoms. The molecule has 0 saturated carbocycles. The highest BCUT2D eigenvalue weighted by Crippen LogP contribution is 2.42. The Kier molecular flexibility index (Phi) is 6.74. The Balaban J connectivity index is 1.07. The van der Waals surface area contributed by atoms with E-state index in [1.54, 1.807) is 0 Å². The summed E-state index contributed by atoms with van der Waals surface area (Å²) in [6.45, 7) is 2.32. The van der Waals surface area contributed by atoms with Crippen molar-refractivity contribution in [2.75, 3.05) is 4.90 Å². The molecule has 0 fully saturated rings. The fourth-order valence-corrected chi connectivity index (χ4v) is 7.47. The molecule has 1 atom stereocenters. The number of anilines is 2. The van der Waals surface area contributed by atoms with Gasteiger partial charge in [-0.15, -0.1) is 0 Å². The minimum absolute atomic E-state index is 0.221. The van der Waals surface area contributed by atoms with E-state index in [0.717, 1.165) is 51.1 Å². The van der Waals surface area contributed by atoms with Crippen LogP contribution in [0.5, 0.6) is 0 Å². The van der Waals surface area contributed by atoms with Gasteiger partial charge >= 0.3 is 0 Å². The minimum atomic E-state index is 0.221. The average molecular weight is 661 g/mol. The van der Waals surface area contributed by atoms with Gasteiger partial charge < -0.3 is 18.3 Å². The summed E-state index contributed by atoms with van der Waals surface area (Å²) in [6, 6.07) is 50.1.